The van der Waals surface area contributed by atoms with E-state index in [1.54, 1.807) is 0 Å². The highest BCUT2D eigenvalue weighted by molar-refractivity contribution is 5.92. The van der Waals surface area contributed by atoms with Gasteiger partial charge in [-0.15, -0.1) is 0 Å². The number of amides is 1. The van der Waals surface area contributed by atoms with Crippen molar-refractivity contribution < 1.29 is 9.32 Å². The number of para-hydroxylation sites is 1. The van der Waals surface area contributed by atoms with Gasteiger partial charge in [0.15, 0.2) is 5.82 Å². The maximum atomic E-state index is 12.5. The van der Waals surface area contributed by atoms with Crippen molar-refractivity contribution in [1.82, 2.24) is 15.0 Å². The van der Waals surface area contributed by atoms with E-state index in [0.717, 1.165) is 37.3 Å². The van der Waals surface area contributed by atoms with E-state index < -0.39 is 0 Å². The summed E-state index contributed by atoms with van der Waals surface area (Å²) in [6.07, 6.45) is 2.66. The molecule has 6 heteroatoms. The molecule has 24 heavy (non-hydrogen) atoms. The van der Waals surface area contributed by atoms with Gasteiger partial charge >= 0.3 is 0 Å². The molecule has 1 aliphatic rings. The summed E-state index contributed by atoms with van der Waals surface area (Å²) < 4.78 is 5.36. The molecule has 0 radical (unpaired) electrons. The van der Waals surface area contributed by atoms with Crippen molar-refractivity contribution in [1.29, 1.82) is 0 Å². The Morgan fingerprint density at radius 3 is 2.92 bits per heavy atom. The Balaban J connectivity index is 1.62. The number of hydrogen-bond acceptors (Lipinski definition) is 5. The van der Waals surface area contributed by atoms with Crippen LogP contribution in [-0.2, 0) is 11.2 Å². The zero-order chi connectivity index (χ0) is 16.9. The van der Waals surface area contributed by atoms with Crippen molar-refractivity contribution in [3.8, 4) is 0 Å². The van der Waals surface area contributed by atoms with Gasteiger partial charge in [0.25, 0.3) is 0 Å². The van der Waals surface area contributed by atoms with E-state index in [9.17, 15) is 4.79 Å². The number of benzene rings is 1. The number of carbonyl (C=O) groups excluding carboxylic acids is 1. The summed E-state index contributed by atoms with van der Waals surface area (Å²) in [5, 5.41) is 6.98. The van der Waals surface area contributed by atoms with Gasteiger partial charge in [-0.05, 0) is 38.4 Å². The summed E-state index contributed by atoms with van der Waals surface area (Å²) in [6.45, 7) is 5.72. The zero-order valence-electron chi connectivity index (χ0n) is 14.2. The van der Waals surface area contributed by atoms with Crippen LogP contribution in [0.25, 0.3) is 0 Å². The predicted octanol–water partition coefficient (Wildman–Crippen LogP) is 3.04. The van der Waals surface area contributed by atoms with Crippen LogP contribution in [-0.4, -0.2) is 34.0 Å². The molecule has 3 rings (SSSR count). The third-order valence-electron chi connectivity index (χ3n) is 4.57. The fourth-order valence-corrected chi connectivity index (χ4v) is 3.07. The van der Waals surface area contributed by atoms with Crippen molar-refractivity contribution in [2.24, 2.45) is 5.92 Å². The number of aromatic nitrogens is 2. The molecule has 2 atom stereocenters. The highest BCUT2D eigenvalue weighted by Gasteiger charge is 2.30. The zero-order valence-corrected chi connectivity index (χ0v) is 14.2. The fraction of sp³-hybridized carbons (Fsp3) is 0.500. The molecular formula is C18H24N4O2. The lowest BCUT2D eigenvalue weighted by Gasteiger charge is -2.34. The number of piperidine rings is 1. The number of carbonyl (C=O) groups is 1. The number of nitrogens with one attached hydrogen (secondary N) is 1. The average molecular weight is 328 g/mol. The second-order valence-electron chi connectivity index (χ2n) is 6.27. The van der Waals surface area contributed by atoms with Crippen LogP contribution in [0.1, 0.15) is 44.4 Å². The summed E-state index contributed by atoms with van der Waals surface area (Å²) in [5.74, 6) is 1.43. The van der Waals surface area contributed by atoms with E-state index in [1.165, 1.54) is 0 Å². The highest BCUT2D eigenvalue weighted by atomic mass is 16.5. The topological polar surface area (TPSA) is 71.3 Å². The molecule has 1 aromatic carbocycles. The molecule has 1 saturated heterocycles. The maximum absolute atomic E-state index is 12.5. The molecule has 0 spiro atoms. The third kappa shape index (κ3) is 3.82. The molecule has 1 fully saturated rings. The van der Waals surface area contributed by atoms with Crippen LogP contribution in [0.15, 0.2) is 34.9 Å². The molecule has 0 saturated carbocycles. The molecule has 1 N–H and O–H groups in total. The van der Waals surface area contributed by atoms with Crippen LogP contribution in [0.5, 0.6) is 0 Å². The van der Waals surface area contributed by atoms with Crippen LogP contribution in [0, 0.1) is 5.92 Å². The van der Waals surface area contributed by atoms with Crippen LogP contribution in [0.2, 0.25) is 0 Å². The van der Waals surface area contributed by atoms with Gasteiger partial charge in [0.05, 0.1) is 12.0 Å². The molecule has 0 bridgehead atoms. The van der Waals surface area contributed by atoms with Gasteiger partial charge in [-0.2, -0.15) is 4.98 Å². The van der Waals surface area contributed by atoms with Gasteiger partial charge in [0, 0.05) is 18.7 Å². The lowest BCUT2D eigenvalue weighted by molar-refractivity contribution is -0.121. The van der Waals surface area contributed by atoms with E-state index in [4.69, 9.17) is 4.52 Å². The first kappa shape index (κ1) is 16.6. The Bertz CT molecular complexity index is 671. The van der Waals surface area contributed by atoms with Crippen molar-refractivity contribution >= 4 is 11.6 Å². The van der Waals surface area contributed by atoms with Gasteiger partial charge in [0.2, 0.25) is 11.8 Å². The molecule has 2 aromatic rings. The third-order valence-corrected chi connectivity index (χ3v) is 4.57. The molecule has 1 aromatic heterocycles. The first-order chi connectivity index (χ1) is 11.7. The second-order valence-corrected chi connectivity index (χ2v) is 6.27. The lowest BCUT2D eigenvalue weighted by Crippen LogP contribution is -2.41. The normalized spacial score (nSPS) is 19.8. The van der Waals surface area contributed by atoms with Gasteiger partial charge in [0.1, 0.15) is 0 Å². The van der Waals surface area contributed by atoms with E-state index in [-0.39, 0.29) is 17.9 Å². The highest BCUT2D eigenvalue weighted by Crippen LogP contribution is 2.26. The van der Waals surface area contributed by atoms with E-state index in [2.05, 4.69) is 27.3 Å². The van der Waals surface area contributed by atoms with E-state index in [1.807, 2.05) is 37.3 Å². The number of likely N-dealkylation sites (tertiary alicyclic amines) is 1. The van der Waals surface area contributed by atoms with Crippen molar-refractivity contribution in [2.45, 2.75) is 39.2 Å². The van der Waals surface area contributed by atoms with Crippen molar-refractivity contribution in [3.63, 3.8) is 0 Å². The molecule has 1 amide bonds. The first-order valence-electron chi connectivity index (χ1n) is 8.59. The van der Waals surface area contributed by atoms with Gasteiger partial charge in [-0.3, -0.25) is 9.69 Å². The van der Waals surface area contributed by atoms with Gasteiger partial charge in [-0.25, -0.2) is 0 Å². The fourth-order valence-electron chi connectivity index (χ4n) is 3.07. The Hall–Kier alpha value is -2.21. The van der Waals surface area contributed by atoms with Crippen LogP contribution >= 0.6 is 0 Å². The van der Waals surface area contributed by atoms with Gasteiger partial charge in [-0.1, -0.05) is 30.3 Å². The minimum absolute atomic E-state index is 0.0185. The van der Waals surface area contributed by atoms with Gasteiger partial charge < -0.3 is 9.84 Å². The average Bonchev–Trinajstić information content (AvgIpc) is 3.11. The monoisotopic (exact) mass is 328 g/mol. The minimum atomic E-state index is -0.0185. The van der Waals surface area contributed by atoms with E-state index >= 15 is 0 Å². The molecule has 128 valence electrons. The maximum Gasteiger partial charge on any atom is 0.243 e. The Morgan fingerprint density at radius 2 is 2.21 bits per heavy atom. The summed E-state index contributed by atoms with van der Waals surface area (Å²) in [6, 6.07) is 9.63. The summed E-state index contributed by atoms with van der Waals surface area (Å²) >= 11 is 0. The Labute approximate surface area is 142 Å². The van der Waals surface area contributed by atoms with Crippen molar-refractivity contribution in [3.05, 3.63) is 42.0 Å². The van der Waals surface area contributed by atoms with Crippen LogP contribution in [0.3, 0.4) is 0 Å². The summed E-state index contributed by atoms with van der Waals surface area (Å²) in [5.41, 5.74) is 0.845. The Kier molecular flexibility index (Phi) is 5.25. The van der Waals surface area contributed by atoms with E-state index in [0.29, 0.717) is 12.4 Å². The number of aryl methyl sites for hydroxylation is 1. The number of anilines is 1. The summed E-state index contributed by atoms with van der Waals surface area (Å²) in [4.78, 5) is 19.2. The molecule has 2 heterocycles. The first-order valence-corrected chi connectivity index (χ1v) is 8.59. The van der Waals surface area contributed by atoms with Crippen molar-refractivity contribution in [2.75, 3.05) is 18.4 Å². The number of hydrogen-bond donors (Lipinski definition) is 1. The predicted molar refractivity (Wildman–Crippen MR) is 91.5 cm³/mol. The molecule has 0 unspecified atom stereocenters. The molecule has 0 aliphatic carbocycles. The molecule has 6 nitrogen and oxygen atoms in total. The SMILES string of the molecule is CCc1noc([C@H](C)N2CCC[C@H](C(=O)Nc3ccccc3)C2)n1. The summed E-state index contributed by atoms with van der Waals surface area (Å²) in [7, 11) is 0. The Morgan fingerprint density at radius 1 is 1.42 bits per heavy atom. The van der Waals surface area contributed by atoms with Crippen LogP contribution in [0.4, 0.5) is 5.69 Å². The quantitative estimate of drug-likeness (QED) is 0.913. The number of rotatable bonds is 5. The second kappa shape index (κ2) is 7.57. The lowest BCUT2D eigenvalue weighted by atomic mass is 9.96. The largest absolute Gasteiger partial charge is 0.338 e. The molecular weight excluding hydrogens is 304 g/mol. The minimum Gasteiger partial charge on any atom is -0.338 e. The smallest absolute Gasteiger partial charge is 0.243 e. The standard InChI is InChI=1S/C18H24N4O2/c1-3-16-20-18(24-21-16)13(2)22-11-7-8-14(12-22)17(23)19-15-9-5-4-6-10-15/h4-6,9-10,13-14H,3,7-8,11-12H2,1-2H3,(H,19,23)/t13-,14-/m0/s1. The molecule has 1 aliphatic heterocycles. The van der Waals surface area contributed by atoms with Crippen LogP contribution < -0.4 is 5.32 Å². The number of nitrogens with zero attached hydrogens (tertiary/aromatic N) is 3.